The molecule has 0 unspecified atom stereocenters. The van der Waals surface area contributed by atoms with E-state index in [1.165, 1.54) is 11.3 Å². The molecule has 0 bridgehead atoms. The molecule has 2 N–H and O–H groups in total. The molecule has 4 nitrogen and oxygen atoms in total. The van der Waals surface area contributed by atoms with Crippen LogP contribution in [0.4, 0.5) is 10.5 Å². The summed E-state index contributed by atoms with van der Waals surface area (Å²) in [5, 5.41) is 0. The van der Waals surface area contributed by atoms with E-state index in [4.69, 9.17) is 5.73 Å². The smallest absolute Gasteiger partial charge is 0.314 e. The van der Waals surface area contributed by atoms with E-state index < -0.39 is 0 Å². The minimum atomic E-state index is -0.316. The number of aryl methyl sites for hydroxylation is 1. The van der Waals surface area contributed by atoms with Crippen LogP contribution in [0.1, 0.15) is 5.56 Å². The van der Waals surface area contributed by atoms with Crippen molar-refractivity contribution < 1.29 is 4.79 Å². The van der Waals surface area contributed by atoms with Crippen molar-refractivity contribution in [3.63, 3.8) is 0 Å². The van der Waals surface area contributed by atoms with Crippen LogP contribution < -0.4 is 10.6 Å². The van der Waals surface area contributed by atoms with Crippen LogP contribution in [0, 0.1) is 6.92 Å². The van der Waals surface area contributed by atoms with Crippen molar-refractivity contribution in [1.82, 2.24) is 4.90 Å². The summed E-state index contributed by atoms with van der Waals surface area (Å²) in [5.41, 5.74) is 7.72. The molecular weight excluding hydrogens is 202 g/mol. The highest BCUT2D eigenvalue weighted by Crippen LogP contribution is 2.16. The molecule has 2 rings (SSSR count). The number of hydrogen-bond donors (Lipinski definition) is 1. The summed E-state index contributed by atoms with van der Waals surface area (Å²) < 4.78 is 0. The minimum absolute atomic E-state index is 0.316. The quantitative estimate of drug-likeness (QED) is 0.771. The summed E-state index contributed by atoms with van der Waals surface area (Å²) in [5.74, 6) is 0. The summed E-state index contributed by atoms with van der Waals surface area (Å²) >= 11 is 0. The number of hydrogen-bond acceptors (Lipinski definition) is 2. The van der Waals surface area contributed by atoms with E-state index in [0.717, 1.165) is 13.1 Å². The lowest BCUT2D eigenvalue weighted by Crippen LogP contribution is -2.50. The Morgan fingerprint density at radius 1 is 1.12 bits per heavy atom. The zero-order chi connectivity index (χ0) is 11.5. The van der Waals surface area contributed by atoms with Gasteiger partial charge < -0.3 is 15.5 Å². The third-order valence-corrected chi connectivity index (χ3v) is 2.99. The molecule has 1 aliphatic heterocycles. The second-order valence-corrected chi connectivity index (χ2v) is 4.15. The van der Waals surface area contributed by atoms with Crippen LogP contribution in [0.3, 0.4) is 0 Å². The molecule has 0 saturated carbocycles. The number of nitrogens with zero attached hydrogens (tertiary/aromatic N) is 2. The van der Waals surface area contributed by atoms with Crippen molar-refractivity contribution >= 4 is 11.7 Å². The zero-order valence-corrected chi connectivity index (χ0v) is 9.52. The van der Waals surface area contributed by atoms with E-state index in [9.17, 15) is 4.79 Å². The summed E-state index contributed by atoms with van der Waals surface area (Å²) in [6.07, 6.45) is 0. The molecule has 1 aromatic rings. The van der Waals surface area contributed by atoms with Gasteiger partial charge in [-0.3, -0.25) is 0 Å². The van der Waals surface area contributed by atoms with Crippen molar-refractivity contribution in [1.29, 1.82) is 0 Å². The van der Waals surface area contributed by atoms with E-state index in [1.807, 2.05) is 0 Å². The van der Waals surface area contributed by atoms with Gasteiger partial charge in [0.2, 0.25) is 0 Å². The summed E-state index contributed by atoms with van der Waals surface area (Å²) in [6, 6.07) is 8.14. The van der Waals surface area contributed by atoms with Crippen molar-refractivity contribution in [3.8, 4) is 0 Å². The van der Waals surface area contributed by atoms with Gasteiger partial charge in [0.05, 0.1) is 0 Å². The highest BCUT2D eigenvalue weighted by Gasteiger charge is 2.18. The molecule has 0 spiro atoms. The van der Waals surface area contributed by atoms with Gasteiger partial charge in [0.1, 0.15) is 0 Å². The van der Waals surface area contributed by atoms with Crippen LogP contribution >= 0.6 is 0 Å². The Morgan fingerprint density at radius 2 is 1.69 bits per heavy atom. The Hall–Kier alpha value is -1.71. The molecule has 1 aromatic carbocycles. The predicted octanol–water partition coefficient (Wildman–Crippen LogP) is 1.20. The summed E-state index contributed by atoms with van der Waals surface area (Å²) in [7, 11) is 0. The third-order valence-electron chi connectivity index (χ3n) is 2.99. The van der Waals surface area contributed by atoms with Gasteiger partial charge in [0, 0.05) is 31.9 Å². The molecule has 0 aromatic heterocycles. The fourth-order valence-electron chi connectivity index (χ4n) is 1.94. The van der Waals surface area contributed by atoms with E-state index in [-0.39, 0.29) is 6.03 Å². The maximum atomic E-state index is 11.0. The van der Waals surface area contributed by atoms with Crippen molar-refractivity contribution in [2.45, 2.75) is 6.92 Å². The molecule has 1 saturated heterocycles. The fraction of sp³-hybridized carbons (Fsp3) is 0.417. The molecule has 1 aliphatic rings. The maximum Gasteiger partial charge on any atom is 0.314 e. The number of benzene rings is 1. The molecule has 4 heteroatoms. The van der Waals surface area contributed by atoms with Gasteiger partial charge >= 0.3 is 6.03 Å². The normalized spacial score (nSPS) is 16.3. The van der Waals surface area contributed by atoms with Crippen molar-refractivity contribution in [2.75, 3.05) is 31.1 Å². The molecule has 1 heterocycles. The second kappa shape index (κ2) is 4.43. The first-order valence-corrected chi connectivity index (χ1v) is 5.53. The fourth-order valence-corrected chi connectivity index (χ4v) is 1.94. The van der Waals surface area contributed by atoms with E-state index in [0.29, 0.717) is 13.1 Å². The molecule has 0 aliphatic carbocycles. The number of amides is 2. The predicted molar refractivity (Wildman–Crippen MR) is 64.5 cm³/mol. The summed E-state index contributed by atoms with van der Waals surface area (Å²) in [4.78, 5) is 14.9. The molecule has 86 valence electrons. The second-order valence-electron chi connectivity index (χ2n) is 4.15. The number of nitrogens with two attached hydrogens (primary N) is 1. The number of primary amides is 1. The van der Waals surface area contributed by atoms with Gasteiger partial charge in [-0.1, -0.05) is 17.7 Å². The largest absolute Gasteiger partial charge is 0.368 e. The van der Waals surface area contributed by atoms with Gasteiger partial charge in [-0.15, -0.1) is 0 Å². The van der Waals surface area contributed by atoms with Gasteiger partial charge in [-0.25, -0.2) is 4.79 Å². The Balaban J connectivity index is 1.99. The lowest BCUT2D eigenvalue weighted by molar-refractivity contribution is 0.204. The van der Waals surface area contributed by atoms with Crippen LogP contribution in [0.15, 0.2) is 24.3 Å². The average molecular weight is 219 g/mol. The average Bonchev–Trinajstić information content (AvgIpc) is 2.30. The standard InChI is InChI=1S/C12H17N3O/c1-10-2-4-11(5-3-10)14-6-8-15(9-7-14)12(13)16/h2-5H,6-9H2,1H3,(H2,13,16). The lowest BCUT2D eigenvalue weighted by atomic mass is 10.2. The number of urea groups is 1. The molecule has 0 atom stereocenters. The Kier molecular flexibility index (Phi) is 2.99. The third kappa shape index (κ3) is 2.27. The van der Waals surface area contributed by atoms with Gasteiger partial charge in [0.15, 0.2) is 0 Å². The molecule has 1 fully saturated rings. The summed E-state index contributed by atoms with van der Waals surface area (Å²) in [6.45, 7) is 5.21. The number of piperazine rings is 1. The first kappa shape index (κ1) is 10.8. The Morgan fingerprint density at radius 3 is 2.19 bits per heavy atom. The highest BCUT2D eigenvalue weighted by molar-refractivity contribution is 5.72. The first-order valence-electron chi connectivity index (χ1n) is 5.53. The van der Waals surface area contributed by atoms with Crippen LogP contribution in [0.25, 0.3) is 0 Å². The monoisotopic (exact) mass is 219 g/mol. The van der Waals surface area contributed by atoms with E-state index in [1.54, 1.807) is 4.90 Å². The molecule has 2 amide bonds. The van der Waals surface area contributed by atoms with Crippen LogP contribution in [0.5, 0.6) is 0 Å². The lowest BCUT2D eigenvalue weighted by Gasteiger charge is -2.35. The number of rotatable bonds is 1. The van der Waals surface area contributed by atoms with Gasteiger partial charge in [-0.05, 0) is 19.1 Å². The highest BCUT2D eigenvalue weighted by atomic mass is 16.2. The Labute approximate surface area is 95.6 Å². The van der Waals surface area contributed by atoms with Crippen molar-refractivity contribution in [2.24, 2.45) is 5.73 Å². The van der Waals surface area contributed by atoms with E-state index >= 15 is 0 Å². The number of carbonyl (C=O) groups excluding carboxylic acids is 1. The first-order chi connectivity index (χ1) is 7.66. The minimum Gasteiger partial charge on any atom is -0.368 e. The molecule has 16 heavy (non-hydrogen) atoms. The van der Waals surface area contributed by atoms with Gasteiger partial charge in [0.25, 0.3) is 0 Å². The van der Waals surface area contributed by atoms with Crippen LogP contribution in [-0.4, -0.2) is 37.1 Å². The van der Waals surface area contributed by atoms with Gasteiger partial charge in [-0.2, -0.15) is 0 Å². The van der Waals surface area contributed by atoms with Crippen molar-refractivity contribution in [3.05, 3.63) is 29.8 Å². The Bertz CT molecular complexity index is 366. The zero-order valence-electron chi connectivity index (χ0n) is 9.52. The topological polar surface area (TPSA) is 49.6 Å². The number of carbonyl (C=O) groups is 1. The SMILES string of the molecule is Cc1ccc(N2CCN(C(N)=O)CC2)cc1. The van der Waals surface area contributed by atoms with Crippen LogP contribution in [0.2, 0.25) is 0 Å². The molecular formula is C12H17N3O. The molecule has 0 radical (unpaired) electrons. The number of anilines is 1. The van der Waals surface area contributed by atoms with Crippen LogP contribution in [-0.2, 0) is 0 Å². The van der Waals surface area contributed by atoms with E-state index in [2.05, 4.69) is 36.1 Å². The maximum absolute atomic E-state index is 11.0.